The minimum atomic E-state index is -2.07. The van der Waals surface area contributed by atoms with Crippen molar-refractivity contribution in [3.05, 3.63) is 35.9 Å². The SMILES string of the molecule is CCOC(=O)C(Cc1c(OC)ccc2ccc(OC)cc12)(NC(C)=O)C(=O)OCC. The second kappa shape index (κ2) is 9.96. The molecule has 8 nitrogen and oxygen atoms in total. The van der Waals surface area contributed by atoms with Gasteiger partial charge in [0.15, 0.2) is 0 Å². The average Bonchev–Trinajstić information content (AvgIpc) is 2.72. The van der Waals surface area contributed by atoms with Crippen LogP contribution in [0.4, 0.5) is 0 Å². The molecule has 2 rings (SSSR count). The number of methoxy groups -OCH3 is 2. The number of amides is 1. The quantitative estimate of drug-likeness (QED) is 0.494. The van der Waals surface area contributed by atoms with Gasteiger partial charge in [0.2, 0.25) is 11.4 Å². The fourth-order valence-corrected chi connectivity index (χ4v) is 3.29. The van der Waals surface area contributed by atoms with E-state index in [9.17, 15) is 14.4 Å². The molecule has 8 heteroatoms. The van der Waals surface area contributed by atoms with Crippen molar-refractivity contribution in [2.75, 3.05) is 27.4 Å². The van der Waals surface area contributed by atoms with Gasteiger partial charge in [-0.2, -0.15) is 0 Å². The highest BCUT2D eigenvalue weighted by Crippen LogP contribution is 2.34. The van der Waals surface area contributed by atoms with E-state index in [1.165, 1.54) is 14.0 Å². The molecule has 0 aliphatic carbocycles. The number of hydrogen-bond acceptors (Lipinski definition) is 7. The summed E-state index contributed by atoms with van der Waals surface area (Å²) in [6.45, 7) is 4.51. The summed E-state index contributed by atoms with van der Waals surface area (Å²) in [6, 6.07) is 9.02. The third-order valence-electron chi connectivity index (χ3n) is 4.60. The van der Waals surface area contributed by atoms with Crippen molar-refractivity contribution in [2.45, 2.75) is 32.7 Å². The lowest BCUT2D eigenvalue weighted by Gasteiger charge is -2.30. The van der Waals surface area contributed by atoms with Crippen molar-refractivity contribution in [1.82, 2.24) is 5.32 Å². The van der Waals surface area contributed by atoms with Gasteiger partial charge in [0.1, 0.15) is 11.5 Å². The number of esters is 2. The first-order chi connectivity index (χ1) is 14.3. The summed E-state index contributed by atoms with van der Waals surface area (Å²) in [5.41, 5.74) is -1.54. The summed E-state index contributed by atoms with van der Waals surface area (Å²) in [4.78, 5) is 38.0. The third-order valence-corrected chi connectivity index (χ3v) is 4.60. The van der Waals surface area contributed by atoms with Gasteiger partial charge in [0.05, 0.1) is 27.4 Å². The van der Waals surface area contributed by atoms with Crippen LogP contribution in [0, 0.1) is 0 Å². The Kier molecular flexibility index (Phi) is 7.63. The lowest BCUT2D eigenvalue weighted by atomic mass is 9.87. The standard InChI is InChI=1S/C22H27NO7/c1-6-29-20(25)22(23-14(3)24,21(26)30-7-2)13-18-17-12-16(27-4)10-8-15(17)9-11-19(18)28-5/h8-12H,6-7,13H2,1-5H3,(H,23,24). The zero-order valence-electron chi connectivity index (χ0n) is 17.9. The lowest BCUT2D eigenvalue weighted by molar-refractivity contribution is -0.167. The zero-order valence-corrected chi connectivity index (χ0v) is 17.9. The molecule has 0 aliphatic rings. The minimum absolute atomic E-state index is 0.0278. The van der Waals surface area contributed by atoms with Crippen LogP contribution >= 0.6 is 0 Å². The van der Waals surface area contributed by atoms with Crippen LogP contribution < -0.4 is 14.8 Å². The number of hydrogen-bond donors (Lipinski definition) is 1. The Bertz CT molecular complexity index is 915. The van der Waals surface area contributed by atoms with Crippen LogP contribution in [-0.2, 0) is 30.3 Å². The van der Waals surface area contributed by atoms with Gasteiger partial charge in [-0.1, -0.05) is 12.1 Å². The first-order valence-corrected chi connectivity index (χ1v) is 9.59. The Morgan fingerprint density at radius 2 is 1.53 bits per heavy atom. The predicted molar refractivity (Wildman–Crippen MR) is 111 cm³/mol. The summed E-state index contributed by atoms with van der Waals surface area (Å²) in [6.07, 6.45) is -0.224. The molecule has 0 aromatic heterocycles. The smallest absolute Gasteiger partial charge is 0.344 e. The second-order valence-corrected chi connectivity index (χ2v) is 6.54. The van der Waals surface area contributed by atoms with Crippen molar-refractivity contribution in [2.24, 2.45) is 0 Å². The molecule has 30 heavy (non-hydrogen) atoms. The Morgan fingerprint density at radius 3 is 2.03 bits per heavy atom. The molecule has 0 fully saturated rings. The van der Waals surface area contributed by atoms with Crippen LogP contribution in [0.3, 0.4) is 0 Å². The van der Waals surface area contributed by atoms with E-state index in [0.29, 0.717) is 22.4 Å². The van der Waals surface area contributed by atoms with E-state index in [4.69, 9.17) is 18.9 Å². The Hall–Kier alpha value is -3.29. The molecule has 162 valence electrons. The number of benzene rings is 2. The Balaban J connectivity index is 2.76. The summed E-state index contributed by atoms with van der Waals surface area (Å²) < 4.78 is 21.1. The maximum absolute atomic E-state index is 13.0. The third kappa shape index (κ3) is 4.64. The first kappa shape index (κ1) is 23.0. The van der Waals surface area contributed by atoms with Crippen molar-refractivity contribution < 1.29 is 33.3 Å². The molecule has 0 unspecified atom stereocenters. The molecule has 0 heterocycles. The number of carbonyl (C=O) groups excluding carboxylic acids is 3. The fourth-order valence-electron chi connectivity index (χ4n) is 3.29. The monoisotopic (exact) mass is 417 g/mol. The van der Waals surface area contributed by atoms with E-state index in [1.807, 2.05) is 12.1 Å². The van der Waals surface area contributed by atoms with E-state index in [0.717, 1.165) is 5.39 Å². The highest BCUT2D eigenvalue weighted by atomic mass is 16.6. The van der Waals surface area contributed by atoms with Gasteiger partial charge in [-0.25, -0.2) is 9.59 Å². The maximum atomic E-state index is 13.0. The maximum Gasteiger partial charge on any atom is 0.344 e. The minimum Gasteiger partial charge on any atom is -0.497 e. The number of carbonyl (C=O) groups is 3. The van der Waals surface area contributed by atoms with E-state index in [-0.39, 0.29) is 19.6 Å². The molecule has 2 aromatic rings. The van der Waals surface area contributed by atoms with Gasteiger partial charge < -0.3 is 24.3 Å². The zero-order chi connectivity index (χ0) is 22.3. The van der Waals surface area contributed by atoms with Crippen molar-refractivity contribution in [3.63, 3.8) is 0 Å². The predicted octanol–water partition coefficient (Wildman–Crippen LogP) is 2.40. The number of rotatable bonds is 9. The van der Waals surface area contributed by atoms with E-state index in [1.54, 1.807) is 39.2 Å². The molecular weight excluding hydrogens is 390 g/mol. The molecular formula is C22H27NO7. The van der Waals surface area contributed by atoms with Gasteiger partial charge >= 0.3 is 11.9 Å². The average molecular weight is 417 g/mol. The summed E-state index contributed by atoms with van der Waals surface area (Å²) >= 11 is 0. The van der Waals surface area contributed by atoms with Gasteiger partial charge in [-0.15, -0.1) is 0 Å². The molecule has 2 aromatic carbocycles. The Morgan fingerprint density at radius 1 is 0.933 bits per heavy atom. The number of fused-ring (bicyclic) bond motifs is 1. The molecule has 1 amide bonds. The van der Waals surface area contributed by atoms with E-state index >= 15 is 0 Å². The van der Waals surface area contributed by atoms with Crippen LogP contribution in [-0.4, -0.2) is 50.8 Å². The molecule has 0 saturated heterocycles. The number of nitrogens with one attached hydrogen (secondary N) is 1. The first-order valence-electron chi connectivity index (χ1n) is 9.59. The van der Waals surface area contributed by atoms with Crippen molar-refractivity contribution in [3.8, 4) is 11.5 Å². The van der Waals surface area contributed by atoms with Crippen LogP contribution in [0.25, 0.3) is 10.8 Å². The van der Waals surface area contributed by atoms with Gasteiger partial charge in [0.25, 0.3) is 0 Å². The molecule has 0 spiro atoms. The largest absolute Gasteiger partial charge is 0.497 e. The second-order valence-electron chi connectivity index (χ2n) is 6.54. The van der Waals surface area contributed by atoms with Gasteiger partial charge in [0, 0.05) is 18.9 Å². The molecule has 1 N–H and O–H groups in total. The highest BCUT2D eigenvalue weighted by molar-refractivity contribution is 6.08. The van der Waals surface area contributed by atoms with Crippen LogP contribution in [0.15, 0.2) is 30.3 Å². The highest BCUT2D eigenvalue weighted by Gasteiger charge is 2.51. The summed E-state index contributed by atoms with van der Waals surface area (Å²) in [5, 5.41) is 4.03. The topological polar surface area (TPSA) is 100 Å². The summed E-state index contributed by atoms with van der Waals surface area (Å²) in [5.74, 6) is -1.34. The molecule has 0 bridgehead atoms. The van der Waals surface area contributed by atoms with Crippen LogP contribution in [0.2, 0.25) is 0 Å². The van der Waals surface area contributed by atoms with Gasteiger partial charge in [-0.05, 0) is 42.8 Å². The normalized spacial score (nSPS) is 11.0. The molecule has 0 atom stereocenters. The van der Waals surface area contributed by atoms with Gasteiger partial charge in [-0.3, -0.25) is 4.79 Å². The van der Waals surface area contributed by atoms with Crippen molar-refractivity contribution >= 4 is 28.6 Å². The van der Waals surface area contributed by atoms with E-state index < -0.39 is 23.4 Å². The molecule has 0 aliphatic heterocycles. The van der Waals surface area contributed by atoms with Crippen LogP contribution in [0.5, 0.6) is 11.5 Å². The van der Waals surface area contributed by atoms with Crippen molar-refractivity contribution in [1.29, 1.82) is 0 Å². The number of ether oxygens (including phenoxy) is 4. The summed E-state index contributed by atoms with van der Waals surface area (Å²) in [7, 11) is 3.03. The van der Waals surface area contributed by atoms with E-state index in [2.05, 4.69) is 5.32 Å². The Labute approximate surface area is 175 Å². The van der Waals surface area contributed by atoms with Crippen LogP contribution in [0.1, 0.15) is 26.3 Å². The fraction of sp³-hybridized carbons (Fsp3) is 0.409. The lowest BCUT2D eigenvalue weighted by Crippen LogP contribution is -2.62. The molecule has 0 saturated carbocycles. The molecule has 0 radical (unpaired) electrons.